The van der Waals surface area contributed by atoms with Crippen molar-refractivity contribution in [3.05, 3.63) is 34.3 Å². The molecule has 2 rings (SSSR count). The molecular formula is C12H14BrClN2O2. The van der Waals surface area contributed by atoms with Gasteiger partial charge in [-0.1, -0.05) is 28.1 Å². The maximum Gasteiger partial charge on any atom is 0.295 e. The summed E-state index contributed by atoms with van der Waals surface area (Å²) in [6.07, 6.45) is 0. The second-order valence-electron chi connectivity index (χ2n) is 3.88. The first kappa shape index (κ1) is 15.1. The van der Waals surface area contributed by atoms with E-state index in [1.165, 1.54) is 0 Å². The largest absolute Gasteiger partial charge is 0.333 e. The summed E-state index contributed by atoms with van der Waals surface area (Å²) in [4.78, 5) is 25.5. The van der Waals surface area contributed by atoms with E-state index in [0.717, 1.165) is 17.6 Å². The summed E-state index contributed by atoms with van der Waals surface area (Å²) < 4.78 is 0.802. The molecule has 0 aromatic heterocycles. The number of rotatable bonds is 2. The highest BCUT2D eigenvalue weighted by Gasteiger charge is 2.24. The van der Waals surface area contributed by atoms with Crippen molar-refractivity contribution in [2.75, 3.05) is 26.2 Å². The first-order valence-corrected chi connectivity index (χ1v) is 6.27. The molecule has 0 saturated carbocycles. The minimum Gasteiger partial charge on any atom is -0.333 e. The molecule has 1 aliphatic heterocycles. The number of nitrogens with one attached hydrogen (secondary N) is 1. The van der Waals surface area contributed by atoms with Gasteiger partial charge in [0.1, 0.15) is 0 Å². The van der Waals surface area contributed by atoms with Crippen LogP contribution >= 0.6 is 28.3 Å². The number of hydrogen-bond acceptors (Lipinski definition) is 3. The van der Waals surface area contributed by atoms with Crippen LogP contribution in [0.15, 0.2) is 28.7 Å². The van der Waals surface area contributed by atoms with Crippen molar-refractivity contribution in [2.45, 2.75) is 0 Å². The molecule has 0 spiro atoms. The summed E-state index contributed by atoms with van der Waals surface area (Å²) in [6.45, 7) is 2.69. The van der Waals surface area contributed by atoms with Gasteiger partial charge >= 0.3 is 0 Å². The molecule has 1 saturated heterocycles. The Kier molecular flexibility index (Phi) is 5.78. The van der Waals surface area contributed by atoms with E-state index in [4.69, 9.17) is 0 Å². The van der Waals surface area contributed by atoms with Gasteiger partial charge in [-0.05, 0) is 12.1 Å². The van der Waals surface area contributed by atoms with E-state index in [1.807, 2.05) is 6.07 Å². The van der Waals surface area contributed by atoms with Crippen LogP contribution in [-0.2, 0) is 4.79 Å². The molecule has 6 heteroatoms. The molecule has 1 aliphatic rings. The van der Waals surface area contributed by atoms with E-state index in [-0.39, 0.29) is 12.4 Å². The number of benzene rings is 1. The average Bonchev–Trinajstić information content (AvgIpc) is 2.38. The molecule has 1 aromatic rings. The number of carbonyl (C=O) groups is 2. The standard InChI is InChI=1S/C12H13BrN2O2.ClH/c13-10-3-1-2-9(8-10)11(16)12(17)15-6-4-14-5-7-15;/h1-3,8,14H,4-7H2;1H. The van der Waals surface area contributed by atoms with Crippen LogP contribution in [0.1, 0.15) is 10.4 Å². The number of nitrogens with zero attached hydrogens (tertiary/aromatic N) is 1. The lowest BCUT2D eigenvalue weighted by Gasteiger charge is -2.26. The van der Waals surface area contributed by atoms with Gasteiger partial charge in [-0.25, -0.2) is 0 Å². The van der Waals surface area contributed by atoms with Crippen LogP contribution in [0.25, 0.3) is 0 Å². The molecule has 1 N–H and O–H groups in total. The lowest BCUT2D eigenvalue weighted by molar-refractivity contribution is -0.126. The highest BCUT2D eigenvalue weighted by molar-refractivity contribution is 9.10. The average molecular weight is 334 g/mol. The predicted molar refractivity (Wildman–Crippen MR) is 75.2 cm³/mol. The number of piperazine rings is 1. The maximum absolute atomic E-state index is 12.0. The monoisotopic (exact) mass is 332 g/mol. The van der Waals surface area contributed by atoms with Crippen LogP contribution < -0.4 is 5.32 Å². The van der Waals surface area contributed by atoms with Gasteiger partial charge in [-0.3, -0.25) is 9.59 Å². The number of halogens is 2. The molecule has 0 aliphatic carbocycles. The van der Waals surface area contributed by atoms with Crippen molar-refractivity contribution in [1.82, 2.24) is 10.2 Å². The number of ketones is 1. The van der Waals surface area contributed by atoms with Crippen molar-refractivity contribution < 1.29 is 9.59 Å². The third kappa shape index (κ3) is 3.54. The highest BCUT2D eigenvalue weighted by Crippen LogP contribution is 2.13. The quantitative estimate of drug-likeness (QED) is 0.659. The molecule has 0 atom stereocenters. The second kappa shape index (κ2) is 6.87. The van der Waals surface area contributed by atoms with Crippen molar-refractivity contribution in [3.8, 4) is 0 Å². The van der Waals surface area contributed by atoms with Crippen LogP contribution in [-0.4, -0.2) is 42.8 Å². The van der Waals surface area contributed by atoms with Gasteiger partial charge in [0.2, 0.25) is 5.78 Å². The smallest absolute Gasteiger partial charge is 0.295 e. The Morgan fingerprint density at radius 1 is 1.22 bits per heavy atom. The van der Waals surface area contributed by atoms with E-state index in [0.29, 0.717) is 18.7 Å². The Hall–Kier alpha value is -0.910. The molecule has 4 nitrogen and oxygen atoms in total. The van der Waals surface area contributed by atoms with Gasteiger partial charge in [0.25, 0.3) is 5.91 Å². The fourth-order valence-corrected chi connectivity index (χ4v) is 2.16. The number of carbonyl (C=O) groups excluding carboxylic acids is 2. The molecule has 0 bridgehead atoms. The zero-order chi connectivity index (χ0) is 12.3. The minimum absolute atomic E-state index is 0. The fourth-order valence-electron chi connectivity index (χ4n) is 1.76. The van der Waals surface area contributed by atoms with Gasteiger partial charge in [0, 0.05) is 36.2 Å². The van der Waals surface area contributed by atoms with Crippen molar-refractivity contribution in [2.24, 2.45) is 0 Å². The summed E-state index contributed by atoms with van der Waals surface area (Å²) >= 11 is 3.29. The molecule has 1 fully saturated rings. The predicted octanol–water partition coefficient (Wildman–Crippen LogP) is 1.49. The van der Waals surface area contributed by atoms with Crippen molar-refractivity contribution in [1.29, 1.82) is 0 Å². The molecule has 98 valence electrons. The SMILES string of the molecule is Cl.O=C(C(=O)N1CCNCC1)c1cccc(Br)c1. The summed E-state index contributed by atoms with van der Waals surface area (Å²) in [5.41, 5.74) is 0.433. The number of amides is 1. The van der Waals surface area contributed by atoms with E-state index in [2.05, 4.69) is 21.2 Å². The first-order chi connectivity index (χ1) is 8.18. The van der Waals surface area contributed by atoms with E-state index in [1.54, 1.807) is 23.1 Å². The maximum atomic E-state index is 12.0. The Morgan fingerprint density at radius 2 is 1.89 bits per heavy atom. The van der Waals surface area contributed by atoms with Gasteiger partial charge < -0.3 is 10.2 Å². The zero-order valence-corrected chi connectivity index (χ0v) is 12.1. The second-order valence-corrected chi connectivity index (χ2v) is 4.80. The molecule has 0 unspecified atom stereocenters. The minimum atomic E-state index is -0.437. The van der Waals surface area contributed by atoms with Crippen molar-refractivity contribution in [3.63, 3.8) is 0 Å². The molecule has 1 aromatic carbocycles. The molecular weight excluding hydrogens is 320 g/mol. The van der Waals surface area contributed by atoms with Crippen molar-refractivity contribution >= 4 is 40.0 Å². The highest BCUT2D eigenvalue weighted by atomic mass is 79.9. The Labute approximate surface area is 120 Å². The normalized spacial score (nSPS) is 14.8. The Morgan fingerprint density at radius 3 is 2.50 bits per heavy atom. The summed E-state index contributed by atoms with van der Waals surface area (Å²) in [5.74, 6) is -0.849. The lowest BCUT2D eigenvalue weighted by Crippen LogP contribution is -2.48. The summed E-state index contributed by atoms with van der Waals surface area (Å²) in [7, 11) is 0. The molecule has 1 heterocycles. The van der Waals surface area contributed by atoms with Gasteiger partial charge in [0.15, 0.2) is 0 Å². The third-order valence-electron chi connectivity index (χ3n) is 2.69. The lowest BCUT2D eigenvalue weighted by atomic mass is 10.1. The third-order valence-corrected chi connectivity index (χ3v) is 3.18. The van der Waals surface area contributed by atoms with E-state index >= 15 is 0 Å². The number of hydrogen-bond donors (Lipinski definition) is 1. The number of Topliss-reactive ketones (excluding diaryl/α,β-unsaturated/α-hetero) is 1. The Balaban J connectivity index is 0.00000162. The van der Waals surface area contributed by atoms with Crippen LogP contribution in [0.4, 0.5) is 0 Å². The summed E-state index contributed by atoms with van der Waals surface area (Å²) in [6, 6.07) is 6.91. The van der Waals surface area contributed by atoms with Gasteiger partial charge in [0.05, 0.1) is 0 Å². The Bertz CT molecular complexity index is 447. The first-order valence-electron chi connectivity index (χ1n) is 5.48. The fraction of sp³-hybridized carbons (Fsp3) is 0.333. The van der Waals surface area contributed by atoms with Crippen LogP contribution in [0.3, 0.4) is 0 Å². The molecule has 18 heavy (non-hydrogen) atoms. The molecule has 0 radical (unpaired) electrons. The van der Waals surface area contributed by atoms with E-state index < -0.39 is 11.7 Å². The van der Waals surface area contributed by atoms with E-state index in [9.17, 15) is 9.59 Å². The van der Waals surface area contributed by atoms with Crippen LogP contribution in [0.5, 0.6) is 0 Å². The van der Waals surface area contributed by atoms with Gasteiger partial charge in [-0.2, -0.15) is 0 Å². The topological polar surface area (TPSA) is 49.4 Å². The summed E-state index contributed by atoms with van der Waals surface area (Å²) in [5, 5.41) is 3.14. The molecule has 1 amide bonds. The zero-order valence-electron chi connectivity index (χ0n) is 9.69. The van der Waals surface area contributed by atoms with Crippen LogP contribution in [0, 0.1) is 0 Å². The van der Waals surface area contributed by atoms with Gasteiger partial charge in [-0.15, -0.1) is 12.4 Å². The van der Waals surface area contributed by atoms with Crippen LogP contribution in [0.2, 0.25) is 0 Å².